The van der Waals surface area contributed by atoms with Crippen molar-refractivity contribution >= 4 is 29.2 Å². The van der Waals surface area contributed by atoms with E-state index in [1.807, 2.05) is 71.8 Å². The number of rotatable bonds is 7. The zero-order valence-corrected chi connectivity index (χ0v) is 24.4. The highest BCUT2D eigenvalue weighted by Gasteiger charge is 2.70. The molecular weight excluding hydrogens is 556 g/mol. The zero-order chi connectivity index (χ0) is 30.6. The van der Waals surface area contributed by atoms with E-state index >= 15 is 4.79 Å². The number of benzene rings is 4. The Morgan fingerprint density at radius 3 is 2.14 bits per heavy atom. The molecule has 8 nitrogen and oxygen atoms in total. The average Bonchev–Trinajstić information content (AvgIpc) is 3.55. The average molecular weight is 587 g/mol. The van der Waals surface area contributed by atoms with Gasteiger partial charge in [0.1, 0.15) is 11.5 Å². The summed E-state index contributed by atoms with van der Waals surface area (Å²) in [5.41, 5.74) is 2.35. The van der Waals surface area contributed by atoms with Crippen molar-refractivity contribution in [2.45, 2.75) is 17.5 Å². The molecule has 0 saturated carbocycles. The van der Waals surface area contributed by atoms with Gasteiger partial charge in [-0.15, -0.1) is 0 Å². The number of ether oxygens (including phenoxy) is 3. The molecule has 8 heteroatoms. The quantitative estimate of drug-likeness (QED) is 0.278. The third-order valence-electron chi connectivity index (χ3n) is 9.13. The lowest BCUT2D eigenvalue weighted by Crippen LogP contribution is -2.49. The van der Waals surface area contributed by atoms with E-state index in [1.165, 1.54) is 21.3 Å². The third kappa shape index (κ3) is 3.73. The van der Waals surface area contributed by atoms with Crippen LogP contribution >= 0.6 is 0 Å². The van der Waals surface area contributed by atoms with Crippen LogP contribution in [-0.4, -0.2) is 49.7 Å². The van der Waals surface area contributed by atoms with E-state index in [1.54, 1.807) is 36.4 Å². The Balaban J connectivity index is 1.54. The minimum Gasteiger partial charge on any atom is -0.493 e. The first kappa shape index (κ1) is 27.5. The van der Waals surface area contributed by atoms with Gasteiger partial charge in [-0.1, -0.05) is 72.8 Å². The maximum atomic E-state index is 15.2. The van der Waals surface area contributed by atoms with Crippen LogP contribution in [0.4, 0.5) is 5.69 Å². The van der Waals surface area contributed by atoms with Crippen molar-refractivity contribution in [2.24, 2.45) is 5.92 Å². The first-order valence-corrected chi connectivity index (χ1v) is 14.3. The van der Waals surface area contributed by atoms with Gasteiger partial charge in [-0.2, -0.15) is 0 Å². The van der Waals surface area contributed by atoms with E-state index in [4.69, 9.17) is 14.2 Å². The predicted molar refractivity (Wildman–Crippen MR) is 165 cm³/mol. The van der Waals surface area contributed by atoms with Crippen LogP contribution in [0.15, 0.2) is 97.2 Å². The fourth-order valence-corrected chi connectivity index (χ4v) is 7.34. The maximum absolute atomic E-state index is 15.2. The lowest BCUT2D eigenvalue weighted by atomic mass is 9.62. The van der Waals surface area contributed by atoms with Gasteiger partial charge in [0.15, 0.2) is 23.1 Å². The maximum Gasteiger partial charge on any atom is 0.238 e. The number of hydrogen-bond acceptors (Lipinski definition) is 7. The number of methoxy groups -OCH3 is 3. The zero-order valence-electron chi connectivity index (χ0n) is 24.4. The predicted octanol–water partition coefficient (Wildman–Crippen LogP) is 5.69. The van der Waals surface area contributed by atoms with Gasteiger partial charge in [0.25, 0.3) is 0 Å². The molecule has 4 aromatic carbocycles. The van der Waals surface area contributed by atoms with Crippen molar-refractivity contribution in [3.63, 3.8) is 0 Å². The summed E-state index contributed by atoms with van der Waals surface area (Å²) in [5, 5.41) is 3.07. The molecule has 3 heterocycles. The highest BCUT2D eigenvalue weighted by atomic mass is 16.5. The van der Waals surface area contributed by atoms with Crippen LogP contribution in [0.5, 0.6) is 17.2 Å². The van der Waals surface area contributed by atoms with E-state index in [0.29, 0.717) is 34.1 Å². The normalized spacial score (nSPS) is 22.6. The number of nitrogens with one attached hydrogen (secondary N) is 1. The molecule has 1 spiro atoms. The van der Waals surface area contributed by atoms with Crippen LogP contribution in [-0.2, 0) is 10.2 Å². The summed E-state index contributed by atoms with van der Waals surface area (Å²) in [6.07, 6.45) is 3.80. The van der Waals surface area contributed by atoms with Gasteiger partial charge in [0, 0.05) is 23.0 Å². The number of nitrogens with zero attached hydrogens (tertiary/aromatic N) is 1. The van der Waals surface area contributed by atoms with Gasteiger partial charge in [0.05, 0.1) is 33.3 Å². The lowest BCUT2D eigenvalue weighted by Gasteiger charge is -2.38. The summed E-state index contributed by atoms with van der Waals surface area (Å²) in [6.45, 7) is 0. The molecule has 0 aliphatic carbocycles. The van der Waals surface area contributed by atoms with Gasteiger partial charge >= 0.3 is 0 Å². The van der Waals surface area contributed by atoms with E-state index in [9.17, 15) is 9.59 Å². The van der Waals surface area contributed by atoms with Crippen molar-refractivity contribution in [2.75, 3.05) is 26.6 Å². The van der Waals surface area contributed by atoms with Crippen molar-refractivity contribution in [1.82, 2.24) is 4.90 Å². The lowest BCUT2D eigenvalue weighted by molar-refractivity contribution is -0.122. The van der Waals surface area contributed by atoms with Gasteiger partial charge in [-0.05, 0) is 41.0 Å². The topological polar surface area (TPSA) is 94.2 Å². The number of para-hydroxylation sites is 1. The van der Waals surface area contributed by atoms with Gasteiger partial charge in [0.2, 0.25) is 11.7 Å². The highest BCUT2D eigenvalue weighted by molar-refractivity contribution is 6.17. The monoisotopic (exact) mass is 586 g/mol. The third-order valence-corrected chi connectivity index (χ3v) is 9.13. The van der Waals surface area contributed by atoms with Gasteiger partial charge in [-0.3, -0.25) is 14.4 Å². The Bertz CT molecular complexity index is 1830. The molecule has 1 amide bonds. The Kier molecular flexibility index (Phi) is 6.50. The van der Waals surface area contributed by atoms with Crippen LogP contribution in [0.25, 0.3) is 6.08 Å². The Morgan fingerprint density at radius 1 is 0.773 bits per heavy atom. The van der Waals surface area contributed by atoms with Crippen LogP contribution in [0.3, 0.4) is 0 Å². The Labute approximate surface area is 254 Å². The Hall–Kier alpha value is -5.37. The number of fused-ring (bicyclic) bond motifs is 6. The minimum absolute atomic E-state index is 0.240. The van der Waals surface area contributed by atoms with E-state index in [-0.39, 0.29) is 23.0 Å². The summed E-state index contributed by atoms with van der Waals surface area (Å²) in [4.78, 5) is 46.3. The number of ketones is 2. The van der Waals surface area contributed by atoms with Crippen molar-refractivity contribution in [3.8, 4) is 17.2 Å². The van der Waals surface area contributed by atoms with Crippen molar-refractivity contribution in [3.05, 3.63) is 125 Å². The molecule has 0 aromatic heterocycles. The Morgan fingerprint density at radius 2 is 1.43 bits per heavy atom. The highest BCUT2D eigenvalue weighted by Crippen LogP contribution is 2.62. The molecule has 4 atom stereocenters. The second-order valence-electron chi connectivity index (χ2n) is 11.1. The SMILES string of the molecule is COc1cc(C(=O)[C@@H]2[C@H](C(=O)c3ccccc3)N3C=Cc4ccccc4[C@H]3[C@@]23C(=O)Nc2ccccc23)cc(OC)c1OC. The molecule has 3 aliphatic heterocycles. The molecule has 7 rings (SSSR count). The molecule has 220 valence electrons. The molecule has 3 aliphatic rings. The molecular formula is C36H30N2O6. The molecule has 44 heavy (non-hydrogen) atoms. The molecule has 0 bridgehead atoms. The molecule has 1 saturated heterocycles. The van der Waals surface area contributed by atoms with Crippen LogP contribution in [0, 0.1) is 5.92 Å². The number of carbonyl (C=O) groups excluding carboxylic acids is 3. The van der Waals surface area contributed by atoms with Crippen LogP contribution < -0.4 is 19.5 Å². The van der Waals surface area contributed by atoms with Gasteiger partial charge in [-0.25, -0.2) is 0 Å². The number of Topliss-reactive ketones (excluding diaryl/α,β-unsaturated/α-hetero) is 2. The molecule has 0 unspecified atom stereocenters. The summed E-state index contributed by atoms with van der Waals surface area (Å²) in [5.74, 6) is -1.15. The molecule has 4 aromatic rings. The minimum atomic E-state index is -1.44. The summed E-state index contributed by atoms with van der Waals surface area (Å²) < 4.78 is 16.7. The molecule has 1 fully saturated rings. The van der Waals surface area contributed by atoms with E-state index in [2.05, 4.69) is 5.32 Å². The number of carbonyl (C=O) groups is 3. The second kappa shape index (κ2) is 10.4. The summed E-state index contributed by atoms with van der Waals surface area (Å²) >= 11 is 0. The van der Waals surface area contributed by atoms with E-state index < -0.39 is 23.4 Å². The van der Waals surface area contributed by atoms with E-state index in [0.717, 1.165) is 11.1 Å². The number of amides is 1. The second-order valence-corrected chi connectivity index (χ2v) is 11.1. The smallest absolute Gasteiger partial charge is 0.238 e. The number of anilines is 1. The van der Waals surface area contributed by atoms with Gasteiger partial charge < -0.3 is 24.4 Å². The first-order chi connectivity index (χ1) is 21.4. The fraction of sp³-hybridized carbons (Fsp3) is 0.194. The summed E-state index contributed by atoms with van der Waals surface area (Å²) in [6, 6.07) is 25.7. The molecule has 0 radical (unpaired) electrons. The van der Waals surface area contributed by atoms with Crippen LogP contribution in [0.2, 0.25) is 0 Å². The van der Waals surface area contributed by atoms with Crippen molar-refractivity contribution < 1.29 is 28.6 Å². The standard InChI is InChI=1S/C36H30N2O6/c1-42-27-19-23(20-28(43-2)33(27)44-3)31(39)29-30(32(40)22-12-5-4-6-13-22)38-18-17-21-11-7-8-14-24(21)34(38)36(29)25-15-9-10-16-26(25)37-35(36)41/h4-20,29-30,34H,1-3H3,(H,37,41)/t29-,30+,34-,36-/m0/s1. The summed E-state index contributed by atoms with van der Waals surface area (Å²) in [7, 11) is 4.45. The van der Waals surface area contributed by atoms with Crippen LogP contribution in [0.1, 0.15) is 43.4 Å². The molecule has 1 N–H and O–H groups in total. The first-order valence-electron chi connectivity index (χ1n) is 14.3. The largest absolute Gasteiger partial charge is 0.493 e. The number of hydrogen-bond donors (Lipinski definition) is 1. The van der Waals surface area contributed by atoms with Crippen molar-refractivity contribution in [1.29, 1.82) is 0 Å². The fourth-order valence-electron chi connectivity index (χ4n) is 7.34.